The smallest absolute Gasteiger partial charge is 0.312 e. The largest absolute Gasteiger partial charge is 0.393 e. The van der Waals surface area contributed by atoms with Crippen LogP contribution in [0.25, 0.3) is 0 Å². The molecule has 0 saturated heterocycles. The van der Waals surface area contributed by atoms with Gasteiger partial charge in [-0.05, 0) is 39.5 Å². The Bertz CT molecular complexity index is 789. The van der Waals surface area contributed by atoms with Crippen LogP contribution in [0.1, 0.15) is 4.88 Å². The second-order valence-corrected chi connectivity index (χ2v) is 7.56. The fourth-order valence-electron chi connectivity index (χ4n) is 1.64. The van der Waals surface area contributed by atoms with Crippen molar-refractivity contribution in [2.75, 3.05) is 5.73 Å². The average Bonchev–Trinajstić information content (AvgIpc) is 2.81. The molecule has 0 aliphatic carbocycles. The van der Waals surface area contributed by atoms with Gasteiger partial charge in [0.05, 0.1) is 4.92 Å². The van der Waals surface area contributed by atoms with Gasteiger partial charge >= 0.3 is 5.69 Å². The van der Waals surface area contributed by atoms with E-state index in [1.807, 2.05) is 0 Å². The van der Waals surface area contributed by atoms with E-state index in [0.717, 1.165) is 15.4 Å². The molecule has 0 bridgehead atoms. The molecule has 1 heterocycles. The van der Waals surface area contributed by atoms with E-state index in [2.05, 4.69) is 20.7 Å². The van der Waals surface area contributed by atoms with Crippen LogP contribution in [0.2, 0.25) is 0 Å². The fourth-order valence-corrected chi connectivity index (χ4v) is 4.36. The number of sulfonamides is 1. The zero-order valence-corrected chi connectivity index (χ0v) is 13.7. The lowest BCUT2D eigenvalue weighted by molar-refractivity contribution is -0.386. The van der Waals surface area contributed by atoms with E-state index in [-0.39, 0.29) is 12.2 Å². The van der Waals surface area contributed by atoms with Crippen LogP contribution in [0.3, 0.4) is 0 Å². The predicted octanol–water partition coefficient (Wildman–Crippen LogP) is 2.48. The molecule has 3 N–H and O–H groups in total. The summed E-state index contributed by atoms with van der Waals surface area (Å²) in [6.07, 6.45) is 0. The topological polar surface area (TPSA) is 115 Å². The normalized spacial score (nSPS) is 11.5. The number of thiophene rings is 1. The number of para-hydroxylation sites is 1. The monoisotopic (exact) mass is 391 g/mol. The van der Waals surface area contributed by atoms with Crippen molar-refractivity contribution < 1.29 is 13.3 Å². The molecule has 2 rings (SSSR count). The summed E-state index contributed by atoms with van der Waals surface area (Å²) in [6, 6.07) is 5.59. The lowest BCUT2D eigenvalue weighted by Crippen LogP contribution is -2.24. The van der Waals surface area contributed by atoms with E-state index in [1.54, 1.807) is 11.4 Å². The number of nitrogens with one attached hydrogen (secondary N) is 1. The third-order valence-corrected chi connectivity index (χ3v) is 5.98. The highest BCUT2D eigenvalue weighted by molar-refractivity contribution is 9.10. The van der Waals surface area contributed by atoms with Gasteiger partial charge in [0.15, 0.2) is 4.90 Å². The molecule has 21 heavy (non-hydrogen) atoms. The molecule has 10 heteroatoms. The van der Waals surface area contributed by atoms with Crippen LogP contribution in [0.4, 0.5) is 11.4 Å². The van der Waals surface area contributed by atoms with Crippen LogP contribution in [-0.2, 0) is 16.6 Å². The van der Waals surface area contributed by atoms with E-state index in [0.29, 0.717) is 0 Å². The zero-order chi connectivity index (χ0) is 15.6. The van der Waals surface area contributed by atoms with Crippen molar-refractivity contribution in [1.82, 2.24) is 4.72 Å². The van der Waals surface area contributed by atoms with Gasteiger partial charge in [-0.15, -0.1) is 11.3 Å². The summed E-state index contributed by atoms with van der Waals surface area (Å²) in [5.41, 5.74) is 4.68. The van der Waals surface area contributed by atoms with Crippen molar-refractivity contribution >= 4 is 48.7 Å². The Kier molecular flexibility index (Phi) is 4.61. The first-order valence-electron chi connectivity index (χ1n) is 5.57. The second kappa shape index (κ2) is 6.10. The first-order valence-corrected chi connectivity index (χ1v) is 8.73. The number of nitro benzene ring substituents is 1. The Hall–Kier alpha value is -1.49. The van der Waals surface area contributed by atoms with E-state index in [1.165, 1.54) is 23.5 Å². The molecule has 112 valence electrons. The summed E-state index contributed by atoms with van der Waals surface area (Å²) in [5, 5.41) is 12.8. The number of anilines is 1. The fraction of sp³-hybridized carbons (Fsp3) is 0.0909. The third-order valence-electron chi connectivity index (χ3n) is 2.62. The number of nitrogens with two attached hydrogens (primary N) is 1. The Morgan fingerprint density at radius 3 is 2.67 bits per heavy atom. The first-order chi connectivity index (χ1) is 9.83. The van der Waals surface area contributed by atoms with Crippen LogP contribution in [0.5, 0.6) is 0 Å². The number of benzene rings is 1. The predicted molar refractivity (Wildman–Crippen MR) is 83.6 cm³/mol. The minimum absolute atomic E-state index is 0.0343. The number of rotatable bonds is 5. The molecule has 0 radical (unpaired) electrons. The van der Waals surface area contributed by atoms with E-state index in [9.17, 15) is 18.5 Å². The molecule has 2 aromatic rings. The van der Waals surface area contributed by atoms with Crippen LogP contribution in [0.15, 0.2) is 39.0 Å². The molecule has 0 amide bonds. The van der Waals surface area contributed by atoms with Crippen LogP contribution >= 0.6 is 27.3 Å². The summed E-state index contributed by atoms with van der Waals surface area (Å²) in [4.78, 5) is 10.5. The summed E-state index contributed by atoms with van der Waals surface area (Å²) < 4.78 is 27.6. The molecule has 0 unspecified atom stereocenters. The maximum atomic E-state index is 12.2. The van der Waals surface area contributed by atoms with Gasteiger partial charge in [0, 0.05) is 15.9 Å². The van der Waals surface area contributed by atoms with Gasteiger partial charge in [0.25, 0.3) is 0 Å². The summed E-state index contributed by atoms with van der Waals surface area (Å²) in [7, 11) is -4.04. The molecular formula is C11H10BrN3O4S2. The van der Waals surface area contributed by atoms with Crippen molar-refractivity contribution in [2.45, 2.75) is 11.4 Å². The molecule has 0 spiro atoms. The summed E-state index contributed by atoms with van der Waals surface area (Å²) in [6.45, 7) is 0.0343. The molecule has 0 aliphatic heterocycles. The van der Waals surface area contributed by atoms with E-state index >= 15 is 0 Å². The van der Waals surface area contributed by atoms with Crippen molar-refractivity contribution in [3.63, 3.8) is 0 Å². The van der Waals surface area contributed by atoms with Crippen molar-refractivity contribution in [1.29, 1.82) is 0 Å². The van der Waals surface area contributed by atoms with Crippen LogP contribution in [-0.4, -0.2) is 13.3 Å². The highest BCUT2D eigenvalue weighted by atomic mass is 79.9. The third kappa shape index (κ3) is 3.40. The van der Waals surface area contributed by atoms with Crippen molar-refractivity contribution in [2.24, 2.45) is 0 Å². The van der Waals surface area contributed by atoms with Gasteiger partial charge in [-0.2, -0.15) is 0 Å². The number of hydrogen-bond acceptors (Lipinski definition) is 6. The molecule has 0 atom stereocenters. The Morgan fingerprint density at radius 1 is 1.38 bits per heavy atom. The molecule has 0 fully saturated rings. The first kappa shape index (κ1) is 15.9. The molecule has 7 nitrogen and oxygen atoms in total. The van der Waals surface area contributed by atoms with Gasteiger partial charge in [0.2, 0.25) is 10.0 Å². The number of nitro groups is 1. The van der Waals surface area contributed by atoms with Gasteiger partial charge < -0.3 is 5.73 Å². The molecular weight excluding hydrogens is 382 g/mol. The van der Waals surface area contributed by atoms with Gasteiger partial charge in [-0.3, -0.25) is 10.1 Å². The summed E-state index contributed by atoms with van der Waals surface area (Å²) in [5.74, 6) is 0. The molecule has 1 aromatic heterocycles. The number of hydrogen-bond donors (Lipinski definition) is 2. The van der Waals surface area contributed by atoms with Crippen LogP contribution < -0.4 is 10.5 Å². The minimum atomic E-state index is -4.04. The lowest BCUT2D eigenvalue weighted by atomic mass is 10.3. The quantitative estimate of drug-likeness (QED) is 0.461. The summed E-state index contributed by atoms with van der Waals surface area (Å²) >= 11 is 4.65. The maximum absolute atomic E-state index is 12.2. The highest BCUT2D eigenvalue weighted by Gasteiger charge is 2.28. The number of halogens is 1. The van der Waals surface area contributed by atoms with Crippen LogP contribution in [0, 0.1) is 10.1 Å². The standard InChI is InChI=1S/C11H10BrN3O4S2/c12-7-4-5-20-9(7)6-14-21(18,19)10-3-1-2-8(13)11(10)15(16)17/h1-5,14H,6,13H2. The number of nitrogens with zero attached hydrogens (tertiary/aromatic N) is 1. The van der Waals surface area contributed by atoms with E-state index in [4.69, 9.17) is 5.73 Å². The molecule has 1 aromatic carbocycles. The molecule has 0 saturated carbocycles. The minimum Gasteiger partial charge on any atom is -0.393 e. The van der Waals surface area contributed by atoms with Gasteiger partial charge in [-0.25, -0.2) is 13.1 Å². The zero-order valence-electron chi connectivity index (χ0n) is 10.4. The van der Waals surface area contributed by atoms with Crippen molar-refractivity contribution in [3.05, 3.63) is 49.1 Å². The molecule has 0 aliphatic rings. The van der Waals surface area contributed by atoms with Crippen molar-refractivity contribution in [3.8, 4) is 0 Å². The Labute approximate surface area is 133 Å². The Balaban J connectivity index is 2.34. The average molecular weight is 392 g/mol. The number of nitrogen functional groups attached to an aromatic ring is 1. The Morgan fingerprint density at radius 2 is 2.10 bits per heavy atom. The van der Waals surface area contributed by atoms with Gasteiger partial charge in [-0.1, -0.05) is 6.07 Å². The second-order valence-electron chi connectivity index (χ2n) is 3.97. The highest BCUT2D eigenvalue weighted by Crippen LogP contribution is 2.30. The van der Waals surface area contributed by atoms with Gasteiger partial charge in [0.1, 0.15) is 5.69 Å². The maximum Gasteiger partial charge on any atom is 0.312 e. The lowest BCUT2D eigenvalue weighted by Gasteiger charge is -2.08. The van der Waals surface area contributed by atoms with E-state index < -0.39 is 25.5 Å². The SMILES string of the molecule is Nc1cccc(S(=O)(=O)NCc2sccc2Br)c1[N+](=O)[O-].